The summed E-state index contributed by atoms with van der Waals surface area (Å²) in [6, 6.07) is 13.6. The first kappa shape index (κ1) is 22.1. The molecule has 2 heterocycles. The van der Waals surface area contributed by atoms with Crippen LogP contribution in [0.5, 0.6) is 0 Å². The quantitative estimate of drug-likeness (QED) is 0.501. The normalized spacial score (nSPS) is 17.7. The summed E-state index contributed by atoms with van der Waals surface area (Å²) in [5, 5.41) is 6.39. The summed E-state index contributed by atoms with van der Waals surface area (Å²) in [5.74, 6) is -0.508. The van der Waals surface area contributed by atoms with Gasteiger partial charge in [0.15, 0.2) is 0 Å². The van der Waals surface area contributed by atoms with Gasteiger partial charge in [0.2, 0.25) is 0 Å². The van der Waals surface area contributed by atoms with Crippen LogP contribution in [0.15, 0.2) is 48.2 Å². The third-order valence-corrected chi connectivity index (χ3v) is 6.12. The number of ether oxygens (including phenoxy) is 1. The molecule has 0 spiro atoms. The lowest BCUT2D eigenvalue weighted by molar-refractivity contribution is -0.110. The highest BCUT2D eigenvalue weighted by Crippen LogP contribution is 2.37. The highest BCUT2D eigenvalue weighted by Gasteiger charge is 2.29. The number of methoxy groups -OCH3 is 1. The Balaban J connectivity index is 1.60. The van der Waals surface area contributed by atoms with Gasteiger partial charge in [0, 0.05) is 29.2 Å². The van der Waals surface area contributed by atoms with Crippen LogP contribution in [0.25, 0.3) is 5.57 Å². The minimum atomic E-state index is -0.421. The lowest BCUT2D eigenvalue weighted by atomic mass is 9.97. The monoisotopic (exact) mass is 433 g/mol. The number of piperidine rings is 1. The first-order valence-corrected chi connectivity index (χ1v) is 11.3. The van der Waals surface area contributed by atoms with Gasteiger partial charge in [-0.25, -0.2) is 4.79 Å². The van der Waals surface area contributed by atoms with Crippen LogP contribution in [0.2, 0.25) is 0 Å². The number of amides is 1. The van der Waals surface area contributed by atoms with Gasteiger partial charge in [-0.15, -0.1) is 0 Å². The highest BCUT2D eigenvalue weighted by molar-refractivity contribution is 6.32. The lowest BCUT2D eigenvalue weighted by Gasteiger charge is -2.26. The van der Waals surface area contributed by atoms with Gasteiger partial charge in [0.25, 0.3) is 5.91 Å². The standard InChI is InChI=1S/C26H31N3O3/c1-17(2)24(23-21-15-19(26(31)32-3)9-12-22(21)28-25(23)30)27-20-10-7-18(8-11-20)16-29-13-5-4-6-14-29/h7-12,15,17,27H,4-6,13-14,16H2,1-3H3,(H,28,30)/b24-23-. The first-order chi connectivity index (χ1) is 15.5. The summed E-state index contributed by atoms with van der Waals surface area (Å²) >= 11 is 0. The Morgan fingerprint density at radius 1 is 1.09 bits per heavy atom. The second-order valence-corrected chi connectivity index (χ2v) is 8.81. The SMILES string of the molecule is COC(=O)c1ccc2c(c1)/C(=C(/Nc1ccc(CN3CCCCC3)cc1)C(C)C)C(=O)N2. The molecule has 0 unspecified atom stereocenters. The van der Waals surface area contributed by atoms with Gasteiger partial charge in [-0.2, -0.15) is 0 Å². The van der Waals surface area contributed by atoms with Crippen molar-refractivity contribution in [2.24, 2.45) is 5.92 Å². The highest BCUT2D eigenvalue weighted by atomic mass is 16.5. The number of allylic oxidation sites excluding steroid dienone is 1. The van der Waals surface area contributed by atoms with Crippen molar-refractivity contribution >= 4 is 28.8 Å². The first-order valence-electron chi connectivity index (χ1n) is 11.3. The van der Waals surface area contributed by atoms with Crippen LogP contribution < -0.4 is 10.6 Å². The summed E-state index contributed by atoms with van der Waals surface area (Å²) in [5.41, 5.74) is 5.47. The molecular formula is C26H31N3O3. The third kappa shape index (κ3) is 4.70. The van der Waals surface area contributed by atoms with Crippen molar-refractivity contribution in [1.82, 2.24) is 4.90 Å². The van der Waals surface area contributed by atoms with E-state index in [1.807, 2.05) is 0 Å². The van der Waals surface area contributed by atoms with Gasteiger partial charge in [-0.05, 0) is 67.7 Å². The lowest BCUT2D eigenvalue weighted by Crippen LogP contribution is -2.29. The zero-order valence-electron chi connectivity index (χ0n) is 19.0. The third-order valence-electron chi connectivity index (χ3n) is 6.12. The number of nitrogens with one attached hydrogen (secondary N) is 2. The number of hydrogen-bond donors (Lipinski definition) is 2. The molecular weight excluding hydrogens is 402 g/mol. The van der Waals surface area contributed by atoms with E-state index in [4.69, 9.17) is 4.74 Å². The molecule has 1 fully saturated rings. The zero-order chi connectivity index (χ0) is 22.7. The van der Waals surface area contributed by atoms with E-state index in [1.165, 1.54) is 45.0 Å². The molecule has 2 aromatic carbocycles. The van der Waals surface area contributed by atoms with Crippen LogP contribution in [0, 0.1) is 5.92 Å². The van der Waals surface area contributed by atoms with Crippen molar-refractivity contribution in [3.05, 3.63) is 64.9 Å². The molecule has 2 aliphatic heterocycles. The van der Waals surface area contributed by atoms with Crippen LogP contribution in [-0.2, 0) is 16.1 Å². The van der Waals surface area contributed by atoms with Gasteiger partial charge in [0.1, 0.15) is 0 Å². The molecule has 6 nitrogen and oxygen atoms in total. The predicted molar refractivity (Wildman–Crippen MR) is 127 cm³/mol. The van der Waals surface area contributed by atoms with Crippen molar-refractivity contribution < 1.29 is 14.3 Å². The number of esters is 1. The second-order valence-electron chi connectivity index (χ2n) is 8.81. The molecule has 2 aromatic rings. The summed E-state index contributed by atoms with van der Waals surface area (Å²) in [7, 11) is 1.35. The van der Waals surface area contributed by atoms with Crippen LogP contribution in [0.4, 0.5) is 11.4 Å². The van der Waals surface area contributed by atoms with E-state index in [9.17, 15) is 9.59 Å². The van der Waals surface area contributed by atoms with E-state index in [-0.39, 0.29) is 11.8 Å². The Morgan fingerprint density at radius 3 is 2.47 bits per heavy atom. The molecule has 2 aliphatic rings. The zero-order valence-corrected chi connectivity index (χ0v) is 19.0. The fraction of sp³-hybridized carbons (Fsp3) is 0.385. The number of benzene rings is 2. The van der Waals surface area contributed by atoms with Crippen molar-refractivity contribution in [3.8, 4) is 0 Å². The van der Waals surface area contributed by atoms with E-state index >= 15 is 0 Å². The maximum atomic E-state index is 12.9. The maximum absolute atomic E-state index is 12.9. The molecule has 0 radical (unpaired) electrons. The second kappa shape index (κ2) is 9.57. The molecule has 32 heavy (non-hydrogen) atoms. The van der Waals surface area contributed by atoms with Gasteiger partial charge >= 0.3 is 5.97 Å². The smallest absolute Gasteiger partial charge is 0.337 e. The molecule has 0 aliphatic carbocycles. The topological polar surface area (TPSA) is 70.7 Å². The van der Waals surface area contributed by atoms with Crippen LogP contribution >= 0.6 is 0 Å². The Kier molecular flexibility index (Phi) is 6.61. The van der Waals surface area contributed by atoms with E-state index in [1.54, 1.807) is 18.2 Å². The number of fused-ring (bicyclic) bond motifs is 1. The summed E-state index contributed by atoms with van der Waals surface area (Å²) < 4.78 is 4.85. The molecule has 0 saturated carbocycles. The minimum absolute atomic E-state index is 0.0801. The number of likely N-dealkylation sites (tertiary alicyclic amines) is 1. The summed E-state index contributed by atoms with van der Waals surface area (Å²) in [6.07, 6.45) is 3.90. The molecule has 168 valence electrons. The van der Waals surface area contributed by atoms with E-state index in [0.717, 1.165) is 23.5 Å². The van der Waals surface area contributed by atoms with Gasteiger partial charge in [0.05, 0.1) is 18.2 Å². The van der Waals surface area contributed by atoms with Crippen LogP contribution in [0.1, 0.15) is 54.6 Å². The Bertz CT molecular complexity index is 1030. The van der Waals surface area contributed by atoms with Gasteiger partial charge in [-0.3, -0.25) is 9.69 Å². The van der Waals surface area contributed by atoms with Crippen molar-refractivity contribution in [3.63, 3.8) is 0 Å². The Labute approximate surface area is 189 Å². The van der Waals surface area contributed by atoms with Gasteiger partial charge < -0.3 is 15.4 Å². The van der Waals surface area contributed by atoms with E-state index in [0.29, 0.717) is 16.8 Å². The fourth-order valence-electron chi connectivity index (χ4n) is 4.40. The molecule has 0 bridgehead atoms. The minimum Gasteiger partial charge on any atom is -0.465 e. The van der Waals surface area contributed by atoms with Gasteiger partial charge in [-0.1, -0.05) is 32.4 Å². The number of carbonyl (C=O) groups is 2. The number of anilines is 2. The van der Waals surface area contributed by atoms with E-state index in [2.05, 4.69) is 53.6 Å². The molecule has 1 saturated heterocycles. The number of nitrogens with zero attached hydrogens (tertiary/aromatic N) is 1. The fourth-order valence-corrected chi connectivity index (χ4v) is 4.40. The Hall–Kier alpha value is -3.12. The molecule has 0 atom stereocenters. The van der Waals surface area contributed by atoms with Crippen LogP contribution in [-0.4, -0.2) is 37.0 Å². The largest absolute Gasteiger partial charge is 0.465 e. The van der Waals surface area contributed by atoms with Crippen molar-refractivity contribution in [2.45, 2.75) is 39.7 Å². The molecule has 2 N–H and O–H groups in total. The van der Waals surface area contributed by atoms with Crippen LogP contribution in [0.3, 0.4) is 0 Å². The molecule has 0 aromatic heterocycles. The number of carbonyl (C=O) groups excluding carboxylic acids is 2. The molecule has 6 heteroatoms. The Morgan fingerprint density at radius 2 is 1.81 bits per heavy atom. The van der Waals surface area contributed by atoms with Crippen molar-refractivity contribution in [2.75, 3.05) is 30.8 Å². The van der Waals surface area contributed by atoms with E-state index < -0.39 is 5.97 Å². The predicted octanol–water partition coefficient (Wildman–Crippen LogP) is 4.89. The number of hydrogen-bond acceptors (Lipinski definition) is 5. The average molecular weight is 434 g/mol. The maximum Gasteiger partial charge on any atom is 0.337 e. The molecule has 1 amide bonds. The summed E-state index contributed by atoms with van der Waals surface area (Å²) in [4.78, 5) is 27.4. The average Bonchev–Trinajstić information content (AvgIpc) is 3.13. The molecule has 4 rings (SSSR count). The number of rotatable bonds is 6. The summed E-state index contributed by atoms with van der Waals surface area (Å²) in [6.45, 7) is 7.42. The van der Waals surface area contributed by atoms with Crippen molar-refractivity contribution in [1.29, 1.82) is 0 Å².